The van der Waals surface area contributed by atoms with Crippen molar-refractivity contribution >= 4 is 17.3 Å². The fourth-order valence-corrected chi connectivity index (χ4v) is 3.44. The molecule has 0 N–H and O–H groups in total. The van der Waals surface area contributed by atoms with Crippen molar-refractivity contribution in [1.29, 1.82) is 0 Å². The molecular weight excluding hydrogens is 263 g/mol. The van der Waals surface area contributed by atoms with E-state index in [0.29, 0.717) is 11.9 Å². The lowest BCUT2D eigenvalue weighted by Crippen LogP contribution is -2.54. The number of piperazine rings is 1. The standard InChI is InChI=1S/C15H20ClFN2/c16-10-12-7-13(17)9-15(8-12)19-6-5-18-4-2-1-3-14(18)11-19/h7-9,14H,1-6,10-11H2. The molecule has 2 aliphatic rings. The number of piperidine rings is 1. The van der Waals surface area contributed by atoms with E-state index in [1.54, 1.807) is 6.07 Å². The topological polar surface area (TPSA) is 6.48 Å². The lowest BCUT2D eigenvalue weighted by atomic mass is 9.99. The Morgan fingerprint density at radius 1 is 1.16 bits per heavy atom. The number of anilines is 1. The number of hydrogen-bond donors (Lipinski definition) is 0. The van der Waals surface area contributed by atoms with E-state index in [4.69, 9.17) is 11.6 Å². The molecule has 2 aliphatic heterocycles. The van der Waals surface area contributed by atoms with Gasteiger partial charge in [0.1, 0.15) is 5.82 Å². The van der Waals surface area contributed by atoms with E-state index >= 15 is 0 Å². The van der Waals surface area contributed by atoms with Crippen molar-refractivity contribution in [2.45, 2.75) is 31.2 Å². The van der Waals surface area contributed by atoms with Crippen LogP contribution < -0.4 is 4.90 Å². The first-order chi connectivity index (χ1) is 9.26. The van der Waals surface area contributed by atoms with E-state index < -0.39 is 0 Å². The van der Waals surface area contributed by atoms with E-state index in [9.17, 15) is 4.39 Å². The maximum Gasteiger partial charge on any atom is 0.125 e. The SMILES string of the molecule is Fc1cc(CCl)cc(N2CCN3CCCCC3C2)c1. The highest BCUT2D eigenvalue weighted by Crippen LogP contribution is 2.26. The van der Waals surface area contributed by atoms with Crippen molar-refractivity contribution in [2.75, 3.05) is 31.1 Å². The van der Waals surface area contributed by atoms with Gasteiger partial charge in [0.15, 0.2) is 0 Å². The second-order valence-corrected chi connectivity index (χ2v) is 5.85. The molecule has 2 nitrogen and oxygen atoms in total. The predicted octanol–water partition coefficient (Wildman–Crippen LogP) is 3.24. The summed E-state index contributed by atoms with van der Waals surface area (Å²) in [4.78, 5) is 4.90. The Bertz CT molecular complexity index is 452. The predicted molar refractivity (Wildman–Crippen MR) is 77.4 cm³/mol. The highest BCUT2D eigenvalue weighted by molar-refractivity contribution is 6.17. The Hall–Kier alpha value is -0.800. The molecule has 0 spiro atoms. The Morgan fingerprint density at radius 2 is 2.05 bits per heavy atom. The van der Waals surface area contributed by atoms with E-state index in [-0.39, 0.29) is 5.82 Å². The minimum atomic E-state index is -0.181. The van der Waals surface area contributed by atoms with Crippen molar-refractivity contribution in [3.8, 4) is 0 Å². The summed E-state index contributed by atoms with van der Waals surface area (Å²) in [5.74, 6) is 0.188. The van der Waals surface area contributed by atoms with Crippen LogP contribution >= 0.6 is 11.6 Å². The van der Waals surface area contributed by atoms with Crippen molar-refractivity contribution in [1.82, 2.24) is 4.90 Å². The van der Waals surface area contributed by atoms with Crippen LogP contribution in [-0.4, -0.2) is 37.1 Å². The molecule has 2 fully saturated rings. The zero-order valence-electron chi connectivity index (χ0n) is 11.1. The van der Waals surface area contributed by atoms with E-state index in [2.05, 4.69) is 9.80 Å². The molecule has 1 aromatic rings. The van der Waals surface area contributed by atoms with Gasteiger partial charge in [0, 0.05) is 37.2 Å². The van der Waals surface area contributed by atoms with Crippen LogP contribution in [0.2, 0.25) is 0 Å². The molecule has 0 saturated carbocycles. The summed E-state index contributed by atoms with van der Waals surface area (Å²) >= 11 is 5.83. The first-order valence-corrected chi connectivity index (χ1v) is 7.64. The number of rotatable bonds is 2. The zero-order chi connectivity index (χ0) is 13.2. The van der Waals surface area contributed by atoms with Gasteiger partial charge in [-0.05, 0) is 43.1 Å². The molecule has 2 heterocycles. The molecule has 0 bridgehead atoms. The molecule has 4 heteroatoms. The summed E-state index contributed by atoms with van der Waals surface area (Å²) in [6.07, 6.45) is 3.92. The van der Waals surface area contributed by atoms with Crippen LogP contribution in [0, 0.1) is 5.82 Å². The van der Waals surface area contributed by atoms with Crippen LogP contribution in [0.3, 0.4) is 0 Å². The van der Waals surface area contributed by atoms with Gasteiger partial charge >= 0.3 is 0 Å². The molecule has 0 aliphatic carbocycles. The van der Waals surface area contributed by atoms with Gasteiger partial charge in [0.2, 0.25) is 0 Å². The lowest BCUT2D eigenvalue weighted by molar-refractivity contribution is 0.133. The van der Waals surface area contributed by atoms with Crippen LogP contribution in [0.25, 0.3) is 0 Å². The second kappa shape index (κ2) is 5.68. The van der Waals surface area contributed by atoms with E-state index in [1.807, 2.05) is 6.07 Å². The van der Waals surface area contributed by atoms with Crippen molar-refractivity contribution in [2.24, 2.45) is 0 Å². The smallest absolute Gasteiger partial charge is 0.125 e. The molecule has 1 aromatic carbocycles. The normalized spacial score (nSPS) is 24.3. The quantitative estimate of drug-likeness (QED) is 0.769. The van der Waals surface area contributed by atoms with Gasteiger partial charge in [-0.2, -0.15) is 0 Å². The van der Waals surface area contributed by atoms with Crippen molar-refractivity contribution < 1.29 is 4.39 Å². The van der Waals surface area contributed by atoms with Crippen molar-refractivity contribution in [3.63, 3.8) is 0 Å². The molecule has 104 valence electrons. The Morgan fingerprint density at radius 3 is 2.89 bits per heavy atom. The molecule has 0 aromatic heterocycles. The molecule has 0 amide bonds. The lowest BCUT2D eigenvalue weighted by Gasteiger charge is -2.45. The monoisotopic (exact) mass is 282 g/mol. The van der Waals surface area contributed by atoms with Crippen LogP contribution in [0.15, 0.2) is 18.2 Å². The number of halogens is 2. The number of hydrogen-bond acceptors (Lipinski definition) is 2. The molecule has 19 heavy (non-hydrogen) atoms. The van der Waals surface area contributed by atoms with Gasteiger partial charge < -0.3 is 4.90 Å². The second-order valence-electron chi connectivity index (χ2n) is 5.58. The summed E-state index contributed by atoms with van der Waals surface area (Å²) in [7, 11) is 0. The Kier molecular flexibility index (Phi) is 3.94. The third-order valence-corrected chi connectivity index (χ3v) is 4.61. The van der Waals surface area contributed by atoms with E-state index in [1.165, 1.54) is 31.9 Å². The summed E-state index contributed by atoms with van der Waals surface area (Å²) in [5, 5.41) is 0. The third-order valence-electron chi connectivity index (χ3n) is 4.30. The molecule has 2 saturated heterocycles. The van der Waals surface area contributed by atoms with Gasteiger partial charge in [0.05, 0.1) is 0 Å². The summed E-state index contributed by atoms with van der Waals surface area (Å²) in [6, 6.07) is 5.82. The summed E-state index contributed by atoms with van der Waals surface area (Å²) in [6.45, 7) is 4.33. The van der Waals surface area contributed by atoms with Gasteiger partial charge in [-0.3, -0.25) is 4.90 Å². The summed E-state index contributed by atoms with van der Waals surface area (Å²) < 4.78 is 13.6. The molecule has 3 rings (SSSR count). The number of fused-ring (bicyclic) bond motifs is 1. The van der Waals surface area contributed by atoms with Gasteiger partial charge in [-0.15, -0.1) is 11.6 Å². The highest BCUT2D eigenvalue weighted by atomic mass is 35.5. The average molecular weight is 283 g/mol. The molecule has 1 unspecified atom stereocenters. The fraction of sp³-hybridized carbons (Fsp3) is 0.600. The fourth-order valence-electron chi connectivity index (χ4n) is 3.28. The number of alkyl halides is 1. The maximum atomic E-state index is 13.6. The first kappa shape index (κ1) is 13.2. The molecule has 1 atom stereocenters. The third kappa shape index (κ3) is 2.87. The van der Waals surface area contributed by atoms with Crippen LogP contribution in [0.1, 0.15) is 24.8 Å². The molecular formula is C15H20ClFN2. The Labute approximate surface area is 119 Å². The van der Waals surface area contributed by atoms with Gasteiger partial charge in [-0.1, -0.05) is 6.42 Å². The van der Waals surface area contributed by atoms with Crippen LogP contribution in [-0.2, 0) is 5.88 Å². The van der Waals surface area contributed by atoms with Crippen LogP contribution in [0.4, 0.5) is 10.1 Å². The van der Waals surface area contributed by atoms with Crippen LogP contribution in [0.5, 0.6) is 0 Å². The number of nitrogens with zero attached hydrogens (tertiary/aromatic N) is 2. The largest absolute Gasteiger partial charge is 0.369 e. The average Bonchev–Trinajstić information content (AvgIpc) is 2.46. The van der Waals surface area contributed by atoms with Crippen molar-refractivity contribution in [3.05, 3.63) is 29.6 Å². The van der Waals surface area contributed by atoms with E-state index in [0.717, 1.165) is 30.9 Å². The van der Waals surface area contributed by atoms with Gasteiger partial charge in [0.25, 0.3) is 0 Å². The molecule has 0 radical (unpaired) electrons. The zero-order valence-corrected chi connectivity index (χ0v) is 11.9. The van der Waals surface area contributed by atoms with Gasteiger partial charge in [-0.25, -0.2) is 4.39 Å². The minimum absolute atomic E-state index is 0.181. The summed E-state index contributed by atoms with van der Waals surface area (Å²) in [5.41, 5.74) is 1.85. The first-order valence-electron chi connectivity index (χ1n) is 7.11. The Balaban J connectivity index is 1.77. The number of benzene rings is 1. The maximum absolute atomic E-state index is 13.6. The highest BCUT2D eigenvalue weighted by Gasteiger charge is 2.29. The minimum Gasteiger partial charge on any atom is -0.369 e.